The monoisotopic (exact) mass is 256 g/mol. The van der Waals surface area contributed by atoms with Crippen LogP contribution in [0.2, 0.25) is 0 Å². The maximum atomic E-state index is 12.7. The largest absolute Gasteiger partial charge is 0.329 e. The Morgan fingerprint density at radius 2 is 1.95 bits per heavy atom. The summed E-state index contributed by atoms with van der Waals surface area (Å²) >= 11 is 0. The Balaban J connectivity index is 1.81. The van der Waals surface area contributed by atoms with Gasteiger partial charge >= 0.3 is 0 Å². The first kappa shape index (κ1) is 11.5. The summed E-state index contributed by atoms with van der Waals surface area (Å²) in [5.74, 6) is 0.900. The van der Waals surface area contributed by atoms with Gasteiger partial charge in [0.15, 0.2) is 0 Å². The van der Waals surface area contributed by atoms with Gasteiger partial charge in [-0.15, -0.1) is 0 Å². The number of carbonyl (C=O) groups is 1. The first-order valence-electron chi connectivity index (χ1n) is 7.51. The van der Waals surface area contributed by atoms with Gasteiger partial charge in [0, 0.05) is 25.2 Å². The number of fused-ring (bicyclic) bond motifs is 3. The van der Waals surface area contributed by atoms with Crippen LogP contribution < -0.4 is 5.32 Å². The third kappa shape index (κ3) is 1.64. The Kier molecular flexibility index (Phi) is 2.62. The predicted molar refractivity (Wildman–Crippen MR) is 74.3 cm³/mol. The first-order chi connectivity index (χ1) is 9.36. The zero-order valence-electron chi connectivity index (χ0n) is 11.2. The van der Waals surface area contributed by atoms with Crippen LogP contribution in [-0.2, 0) is 0 Å². The van der Waals surface area contributed by atoms with Gasteiger partial charge in [0.1, 0.15) is 0 Å². The fraction of sp³-hybridized carbons (Fsp3) is 0.562. The lowest BCUT2D eigenvalue weighted by molar-refractivity contribution is 0.0690. The molecule has 19 heavy (non-hydrogen) atoms. The second kappa shape index (κ2) is 4.34. The van der Waals surface area contributed by atoms with Crippen LogP contribution in [0.15, 0.2) is 18.2 Å². The van der Waals surface area contributed by atoms with E-state index < -0.39 is 0 Å². The van der Waals surface area contributed by atoms with Crippen molar-refractivity contribution in [2.75, 3.05) is 19.6 Å². The molecule has 1 aromatic rings. The van der Waals surface area contributed by atoms with Crippen LogP contribution in [0.1, 0.15) is 59.1 Å². The number of benzene rings is 1. The summed E-state index contributed by atoms with van der Waals surface area (Å²) in [4.78, 5) is 14.8. The molecule has 2 heterocycles. The van der Waals surface area contributed by atoms with Crippen molar-refractivity contribution >= 4 is 5.91 Å². The van der Waals surface area contributed by atoms with Crippen molar-refractivity contribution in [3.8, 4) is 0 Å². The first-order valence-corrected chi connectivity index (χ1v) is 7.51. The molecule has 0 unspecified atom stereocenters. The van der Waals surface area contributed by atoms with Gasteiger partial charge in [-0.2, -0.15) is 0 Å². The van der Waals surface area contributed by atoms with Crippen LogP contribution in [0.4, 0.5) is 0 Å². The average molecular weight is 256 g/mol. The average Bonchev–Trinajstić information content (AvgIpc) is 3.08. The molecule has 0 bridgehead atoms. The smallest absolute Gasteiger partial charge is 0.255 e. The standard InChI is InChI=1S/C16H20N2O/c19-16-15-12(11-4-1-2-5-11)6-3-7-13(15)14-10-17-8-9-18(14)16/h3,6-7,11,14,17H,1-2,4-5,8-10H2/t14-/m1/s1. The Morgan fingerprint density at radius 1 is 1.16 bits per heavy atom. The quantitative estimate of drug-likeness (QED) is 0.837. The molecule has 1 amide bonds. The third-order valence-electron chi connectivity index (χ3n) is 5.00. The van der Waals surface area contributed by atoms with Gasteiger partial charge in [-0.1, -0.05) is 31.0 Å². The highest BCUT2D eigenvalue weighted by atomic mass is 16.2. The van der Waals surface area contributed by atoms with Crippen molar-refractivity contribution in [1.29, 1.82) is 0 Å². The van der Waals surface area contributed by atoms with Crippen LogP contribution in [0, 0.1) is 0 Å². The molecule has 1 aromatic carbocycles. The minimum atomic E-state index is 0.276. The van der Waals surface area contributed by atoms with Crippen LogP contribution in [-0.4, -0.2) is 30.4 Å². The van der Waals surface area contributed by atoms with Crippen molar-refractivity contribution in [2.45, 2.75) is 37.6 Å². The summed E-state index contributed by atoms with van der Waals surface area (Å²) in [7, 11) is 0. The van der Waals surface area contributed by atoms with Crippen molar-refractivity contribution < 1.29 is 4.79 Å². The topological polar surface area (TPSA) is 32.3 Å². The van der Waals surface area contributed by atoms with Crippen LogP contribution >= 0.6 is 0 Å². The maximum absolute atomic E-state index is 12.7. The van der Waals surface area contributed by atoms with E-state index >= 15 is 0 Å². The lowest BCUT2D eigenvalue weighted by atomic mass is 9.89. The van der Waals surface area contributed by atoms with Gasteiger partial charge in [0.25, 0.3) is 5.91 Å². The molecule has 3 heteroatoms. The highest BCUT2D eigenvalue weighted by Gasteiger charge is 2.40. The highest BCUT2D eigenvalue weighted by Crippen LogP contribution is 2.42. The summed E-state index contributed by atoms with van der Waals surface area (Å²) in [5.41, 5.74) is 3.64. The fourth-order valence-electron chi connectivity index (χ4n) is 4.06. The van der Waals surface area contributed by atoms with Crippen molar-refractivity contribution in [2.24, 2.45) is 0 Å². The number of nitrogens with one attached hydrogen (secondary N) is 1. The molecule has 2 aliphatic heterocycles. The Morgan fingerprint density at radius 3 is 2.79 bits per heavy atom. The molecule has 0 radical (unpaired) electrons. The Labute approximate surface area is 114 Å². The van der Waals surface area contributed by atoms with E-state index in [1.165, 1.54) is 36.8 Å². The molecular weight excluding hydrogens is 236 g/mol. The predicted octanol–water partition coefficient (Wildman–Crippen LogP) is 2.44. The molecular formula is C16H20N2O. The Hall–Kier alpha value is -1.35. The molecule has 1 aliphatic carbocycles. The van der Waals surface area contributed by atoms with Crippen molar-refractivity contribution in [3.63, 3.8) is 0 Å². The van der Waals surface area contributed by atoms with Gasteiger partial charge in [0.2, 0.25) is 0 Å². The fourth-order valence-corrected chi connectivity index (χ4v) is 4.06. The summed E-state index contributed by atoms with van der Waals surface area (Å²) in [5, 5.41) is 3.41. The van der Waals surface area contributed by atoms with E-state index in [4.69, 9.17) is 0 Å². The Bertz CT molecular complexity index is 519. The maximum Gasteiger partial charge on any atom is 0.255 e. The number of piperazine rings is 1. The zero-order valence-corrected chi connectivity index (χ0v) is 11.2. The lowest BCUT2D eigenvalue weighted by Gasteiger charge is -2.30. The zero-order chi connectivity index (χ0) is 12.8. The number of rotatable bonds is 1. The number of hydrogen-bond acceptors (Lipinski definition) is 2. The molecule has 3 aliphatic rings. The van der Waals surface area contributed by atoms with Crippen molar-refractivity contribution in [3.05, 3.63) is 34.9 Å². The molecule has 3 nitrogen and oxygen atoms in total. The lowest BCUT2D eigenvalue weighted by Crippen LogP contribution is -2.44. The van der Waals surface area contributed by atoms with Crippen LogP contribution in [0.3, 0.4) is 0 Å². The summed E-state index contributed by atoms with van der Waals surface area (Å²) < 4.78 is 0. The second-order valence-electron chi connectivity index (χ2n) is 6.01. The number of hydrogen-bond donors (Lipinski definition) is 1. The molecule has 2 fully saturated rings. The molecule has 0 aromatic heterocycles. The van der Waals surface area contributed by atoms with Gasteiger partial charge in [-0.3, -0.25) is 4.79 Å². The molecule has 1 N–H and O–H groups in total. The summed E-state index contributed by atoms with van der Waals surface area (Å²) in [6, 6.07) is 6.78. The van der Waals surface area contributed by atoms with Crippen LogP contribution in [0.5, 0.6) is 0 Å². The van der Waals surface area contributed by atoms with E-state index in [1.807, 2.05) is 0 Å². The van der Waals surface area contributed by atoms with E-state index in [1.54, 1.807) is 0 Å². The van der Waals surface area contributed by atoms with Gasteiger partial charge < -0.3 is 10.2 Å². The van der Waals surface area contributed by atoms with E-state index in [9.17, 15) is 4.79 Å². The molecule has 4 rings (SSSR count). The van der Waals surface area contributed by atoms with Crippen molar-refractivity contribution in [1.82, 2.24) is 10.2 Å². The molecule has 100 valence electrons. The minimum Gasteiger partial charge on any atom is -0.329 e. The summed E-state index contributed by atoms with van der Waals surface area (Å²) in [6.45, 7) is 2.68. The van der Waals surface area contributed by atoms with E-state index in [2.05, 4.69) is 28.4 Å². The van der Waals surface area contributed by atoms with E-state index in [0.717, 1.165) is 25.2 Å². The third-order valence-corrected chi connectivity index (χ3v) is 5.00. The highest BCUT2D eigenvalue weighted by molar-refractivity contribution is 6.01. The van der Waals surface area contributed by atoms with Gasteiger partial charge in [-0.05, 0) is 29.9 Å². The molecule has 0 spiro atoms. The van der Waals surface area contributed by atoms with Gasteiger partial charge in [-0.25, -0.2) is 0 Å². The number of amides is 1. The minimum absolute atomic E-state index is 0.276. The number of nitrogens with zero attached hydrogens (tertiary/aromatic N) is 1. The molecule has 1 saturated carbocycles. The SMILES string of the molecule is O=C1c2c(C3CCCC3)cccc2[C@H]2CNCCN12. The van der Waals surface area contributed by atoms with Crippen LogP contribution in [0.25, 0.3) is 0 Å². The molecule has 1 saturated heterocycles. The van der Waals surface area contributed by atoms with Gasteiger partial charge in [0.05, 0.1) is 6.04 Å². The summed E-state index contributed by atoms with van der Waals surface area (Å²) in [6.07, 6.45) is 5.15. The number of carbonyl (C=O) groups excluding carboxylic acids is 1. The normalized spacial score (nSPS) is 26.6. The van der Waals surface area contributed by atoms with E-state index in [-0.39, 0.29) is 11.9 Å². The second-order valence-corrected chi connectivity index (χ2v) is 6.01. The molecule has 1 atom stereocenters. The van der Waals surface area contributed by atoms with E-state index in [0.29, 0.717) is 5.92 Å².